The number of aromatic nitrogens is 1. The summed E-state index contributed by atoms with van der Waals surface area (Å²) < 4.78 is 33.1. The van der Waals surface area contributed by atoms with Gasteiger partial charge in [0.05, 0.1) is 15.8 Å². The first-order valence-electron chi connectivity index (χ1n) is 6.31. The molecule has 0 aliphatic rings. The van der Waals surface area contributed by atoms with E-state index in [2.05, 4.69) is 10.3 Å². The fourth-order valence-corrected chi connectivity index (χ4v) is 2.93. The highest BCUT2D eigenvalue weighted by Crippen LogP contribution is 2.35. The summed E-state index contributed by atoms with van der Waals surface area (Å²) in [5.74, 6) is -2.27. The first kappa shape index (κ1) is 14.4. The summed E-state index contributed by atoms with van der Waals surface area (Å²) in [7, 11) is 1.53. The van der Waals surface area contributed by atoms with E-state index in [1.807, 2.05) is 0 Å². The van der Waals surface area contributed by atoms with Gasteiger partial charge in [-0.2, -0.15) is 4.39 Å². The summed E-state index contributed by atoms with van der Waals surface area (Å²) in [6.07, 6.45) is 2.98. The number of fused-ring (bicyclic) bond motifs is 1. The van der Waals surface area contributed by atoms with E-state index in [0.717, 1.165) is 6.07 Å². The second-order valence-corrected chi connectivity index (χ2v) is 5.48. The zero-order valence-corrected chi connectivity index (χ0v) is 12.2. The van der Waals surface area contributed by atoms with E-state index in [4.69, 9.17) is 4.74 Å². The molecule has 1 amide bonds. The van der Waals surface area contributed by atoms with Gasteiger partial charge >= 0.3 is 0 Å². The van der Waals surface area contributed by atoms with Gasteiger partial charge in [0.25, 0.3) is 5.91 Å². The molecule has 0 aliphatic carbocycles. The lowest BCUT2D eigenvalue weighted by Gasteiger charge is -2.07. The molecule has 22 heavy (non-hydrogen) atoms. The van der Waals surface area contributed by atoms with E-state index in [1.165, 1.54) is 36.7 Å². The Morgan fingerprint density at radius 3 is 2.86 bits per heavy atom. The molecule has 112 valence electrons. The average Bonchev–Trinajstić information content (AvgIpc) is 2.96. The predicted molar refractivity (Wildman–Crippen MR) is 79.4 cm³/mol. The summed E-state index contributed by atoms with van der Waals surface area (Å²) in [5, 5.41) is 3.14. The fourth-order valence-electron chi connectivity index (χ4n) is 1.93. The highest BCUT2D eigenvalue weighted by Gasteiger charge is 2.15. The van der Waals surface area contributed by atoms with Crippen LogP contribution in [-0.4, -0.2) is 17.9 Å². The highest BCUT2D eigenvalue weighted by molar-refractivity contribution is 7.20. The number of rotatable bonds is 3. The van der Waals surface area contributed by atoms with Crippen molar-refractivity contribution in [3.8, 4) is 11.5 Å². The number of hydrogen-bond donors (Lipinski definition) is 1. The Hall–Kier alpha value is -2.54. The number of nitrogens with zero attached hydrogens (tertiary/aromatic N) is 1. The summed E-state index contributed by atoms with van der Waals surface area (Å²) in [4.78, 5) is 16.2. The lowest BCUT2D eigenvalue weighted by Crippen LogP contribution is -2.15. The molecule has 0 spiro atoms. The van der Waals surface area contributed by atoms with Crippen molar-refractivity contribution < 1.29 is 18.3 Å². The van der Waals surface area contributed by atoms with E-state index < -0.39 is 11.6 Å². The molecule has 0 radical (unpaired) electrons. The van der Waals surface area contributed by atoms with Crippen molar-refractivity contribution in [2.24, 2.45) is 0 Å². The van der Waals surface area contributed by atoms with Crippen molar-refractivity contribution >= 4 is 27.3 Å². The molecule has 4 nitrogen and oxygen atoms in total. The Morgan fingerprint density at radius 1 is 1.27 bits per heavy atom. The molecule has 0 bridgehead atoms. The number of halogens is 2. The van der Waals surface area contributed by atoms with Crippen molar-refractivity contribution in [2.45, 2.75) is 0 Å². The van der Waals surface area contributed by atoms with Crippen LogP contribution in [0.25, 0.3) is 10.1 Å². The number of nitrogens with one attached hydrogen (secondary N) is 1. The van der Waals surface area contributed by atoms with Gasteiger partial charge in [-0.05, 0) is 18.2 Å². The van der Waals surface area contributed by atoms with Gasteiger partial charge in [-0.25, -0.2) is 4.39 Å². The molecule has 3 aromatic rings. The summed E-state index contributed by atoms with van der Waals surface area (Å²) in [6.45, 7) is 0. The van der Waals surface area contributed by atoms with Crippen LogP contribution in [0, 0.1) is 11.6 Å². The summed E-state index contributed by atoms with van der Waals surface area (Å²) in [6, 6.07) is 5.32. The Balaban J connectivity index is 2.05. The standard InChI is InChI=1S/C15H10F2N2O2S/c1-18-15(20)12-5-8-11(6-19-7-13(8)22-12)21-10-4-2-3-9(16)14(10)17/h2-7H,1H3,(H,18,20). The lowest BCUT2D eigenvalue weighted by atomic mass is 10.2. The molecule has 0 saturated carbocycles. The van der Waals surface area contributed by atoms with Crippen molar-refractivity contribution in [3.63, 3.8) is 0 Å². The number of ether oxygens (including phenoxy) is 1. The maximum Gasteiger partial charge on any atom is 0.261 e. The molecule has 2 aromatic heterocycles. The minimum Gasteiger partial charge on any atom is -0.452 e. The minimum absolute atomic E-state index is 0.232. The molecule has 0 saturated heterocycles. The molecule has 0 fully saturated rings. The number of benzene rings is 1. The maximum absolute atomic E-state index is 13.7. The molecule has 0 atom stereocenters. The molecule has 1 aromatic carbocycles. The average molecular weight is 320 g/mol. The first-order valence-corrected chi connectivity index (χ1v) is 7.13. The second kappa shape index (κ2) is 5.69. The van der Waals surface area contributed by atoms with Gasteiger partial charge in [0.15, 0.2) is 17.3 Å². The van der Waals surface area contributed by atoms with Crippen LogP contribution in [-0.2, 0) is 0 Å². The number of hydrogen-bond acceptors (Lipinski definition) is 4. The number of pyridine rings is 1. The lowest BCUT2D eigenvalue weighted by molar-refractivity contribution is 0.0967. The number of amides is 1. The van der Waals surface area contributed by atoms with Crippen LogP contribution in [0.5, 0.6) is 11.5 Å². The van der Waals surface area contributed by atoms with Crippen LogP contribution in [0.4, 0.5) is 8.78 Å². The maximum atomic E-state index is 13.7. The minimum atomic E-state index is -1.07. The summed E-state index contributed by atoms with van der Waals surface area (Å²) >= 11 is 1.24. The third-order valence-electron chi connectivity index (χ3n) is 3.00. The smallest absolute Gasteiger partial charge is 0.261 e. The zero-order chi connectivity index (χ0) is 15.7. The van der Waals surface area contributed by atoms with Crippen molar-refractivity contribution in [1.82, 2.24) is 10.3 Å². The Morgan fingerprint density at radius 2 is 2.09 bits per heavy atom. The van der Waals surface area contributed by atoms with E-state index in [9.17, 15) is 13.6 Å². The Labute approximate surface area is 128 Å². The zero-order valence-electron chi connectivity index (χ0n) is 11.4. The van der Waals surface area contributed by atoms with Gasteiger partial charge < -0.3 is 10.1 Å². The van der Waals surface area contributed by atoms with Crippen molar-refractivity contribution in [2.75, 3.05) is 7.05 Å². The third kappa shape index (κ3) is 2.50. The van der Waals surface area contributed by atoms with Gasteiger partial charge in [0, 0.05) is 18.6 Å². The third-order valence-corrected chi connectivity index (χ3v) is 4.07. The van der Waals surface area contributed by atoms with Crippen LogP contribution in [0.15, 0.2) is 36.7 Å². The van der Waals surface area contributed by atoms with Gasteiger partial charge in [-0.3, -0.25) is 9.78 Å². The van der Waals surface area contributed by atoms with Crippen molar-refractivity contribution in [3.05, 3.63) is 53.2 Å². The van der Waals surface area contributed by atoms with E-state index >= 15 is 0 Å². The predicted octanol–water partition coefficient (Wildman–Crippen LogP) is 3.73. The monoisotopic (exact) mass is 320 g/mol. The molecule has 7 heteroatoms. The largest absolute Gasteiger partial charge is 0.452 e. The van der Waals surface area contributed by atoms with Gasteiger partial charge in [-0.15, -0.1) is 11.3 Å². The van der Waals surface area contributed by atoms with Crippen LogP contribution in [0.2, 0.25) is 0 Å². The normalized spacial score (nSPS) is 10.7. The van der Waals surface area contributed by atoms with Gasteiger partial charge in [-0.1, -0.05) is 6.07 Å². The molecule has 3 rings (SSSR count). The van der Waals surface area contributed by atoms with Crippen LogP contribution < -0.4 is 10.1 Å². The summed E-state index contributed by atoms with van der Waals surface area (Å²) in [5.41, 5.74) is 0. The number of thiophene rings is 1. The first-order chi connectivity index (χ1) is 10.6. The van der Waals surface area contributed by atoms with Gasteiger partial charge in [0.2, 0.25) is 5.82 Å². The topological polar surface area (TPSA) is 51.2 Å². The molecule has 2 heterocycles. The van der Waals surface area contributed by atoms with Gasteiger partial charge in [0.1, 0.15) is 0 Å². The Kier molecular flexibility index (Phi) is 3.72. The SMILES string of the molecule is CNC(=O)c1cc2c(Oc3cccc(F)c3F)cncc2s1. The molecular weight excluding hydrogens is 310 g/mol. The van der Waals surface area contributed by atoms with Crippen LogP contribution in [0.3, 0.4) is 0 Å². The quantitative estimate of drug-likeness (QED) is 0.800. The molecular formula is C15H10F2N2O2S. The van der Waals surface area contributed by atoms with E-state index in [-0.39, 0.29) is 17.4 Å². The van der Waals surface area contributed by atoms with Crippen LogP contribution >= 0.6 is 11.3 Å². The molecule has 1 N–H and O–H groups in total. The Bertz CT molecular complexity index is 864. The second-order valence-electron chi connectivity index (χ2n) is 4.39. The molecule has 0 unspecified atom stereocenters. The number of carbonyl (C=O) groups is 1. The van der Waals surface area contributed by atoms with E-state index in [0.29, 0.717) is 15.0 Å². The molecule has 0 aliphatic heterocycles. The van der Waals surface area contributed by atoms with Crippen LogP contribution in [0.1, 0.15) is 9.67 Å². The van der Waals surface area contributed by atoms with E-state index in [1.54, 1.807) is 12.3 Å². The van der Waals surface area contributed by atoms with Crippen molar-refractivity contribution in [1.29, 1.82) is 0 Å². The fraction of sp³-hybridized carbons (Fsp3) is 0.0667. The number of carbonyl (C=O) groups excluding carboxylic acids is 1. The highest BCUT2D eigenvalue weighted by atomic mass is 32.1.